The maximum atomic E-state index is 5.62. The molecule has 3 nitrogen and oxygen atoms in total. The number of hydrogen-bond acceptors (Lipinski definition) is 4. The Morgan fingerprint density at radius 2 is 2.35 bits per heavy atom. The smallest absolute Gasteiger partial charge is 0.0947 e. The lowest BCUT2D eigenvalue weighted by molar-refractivity contribution is 0.550. The molecule has 0 bridgehead atoms. The Morgan fingerprint density at radius 3 is 2.94 bits per heavy atom. The second-order valence-corrected chi connectivity index (χ2v) is 5.72. The first-order valence-corrected chi connectivity index (χ1v) is 6.99. The Balaban J connectivity index is 2.16. The van der Waals surface area contributed by atoms with Gasteiger partial charge in [0.15, 0.2) is 0 Å². The van der Waals surface area contributed by atoms with E-state index in [-0.39, 0.29) is 6.04 Å². The monoisotopic (exact) mass is 311 g/mol. The van der Waals surface area contributed by atoms with E-state index in [4.69, 9.17) is 5.84 Å². The normalized spacial score (nSPS) is 12.6. The Labute approximate surface area is 113 Å². The van der Waals surface area contributed by atoms with Gasteiger partial charge in [-0.15, -0.1) is 11.3 Å². The lowest BCUT2D eigenvalue weighted by atomic mass is 10.1. The van der Waals surface area contributed by atoms with Crippen LogP contribution < -0.4 is 11.3 Å². The highest BCUT2D eigenvalue weighted by Gasteiger charge is 2.12. The molecule has 0 fully saturated rings. The van der Waals surface area contributed by atoms with Gasteiger partial charge >= 0.3 is 0 Å². The van der Waals surface area contributed by atoms with Crippen LogP contribution >= 0.6 is 27.3 Å². The number of nitrogens with two attached hydrogens (primary N) is 1. The van der Waals surface area contributed by atoms with E-state index in [2.05, 4.69) is 43.9 Å². The Morgan fingerprint density at radius 1 is 1.53 bits per heavy atom. The van der Waals surface area contributed by atoms with Crippen LogP contribution in [0.3, 0.4) is 0 Å². The molecular formula is C12H14BrN3S. The first kappa shape index (κ1) is 12.7. The summed E-state index contributed by atoms with van der Waals surface area (Å²) in [6.07, 6.45) is 0.811. The van der Waals surface area contributed by atoms with Crippen LogP contribution in [0, 0.1) is 6.92 Å². The quantitative estimate of drug-likeness (QED) is 0.674. The predicted molar refractivity (Wildman–Crippen MR) is 74.8 cm³/mol. The maximum absolute atomic E-state index is 5.62. The number of rotatable bonds is 4. The fourth-order valence-electron chi connectivity index (χ4n) is 1.67. The number of aryl methyl sites for hydroxylation is 1. The topological polar surface area (TPSA) is 50.9 Å². The summed E-state index contributed by atoms with van der Waals surface area (Å²) in [7, 11) is 0. The molecule has 90 valence electrons. The lowest BCUT2D eigenvalue weighted by Crippen LogP contribution is -2.29. The van der Waals surface area contributed by atoms with E-state index in [0.29, 0.717) is 0 Å². The molecule has 1 heterocycles. The Hall–Kier alpha value is -0.750. The molecule has 0 amide bonds. The molecule has 1 aromatic carbocycles. The number of halogens is 1. The second-order valence-electron chi connectivity index (χ2n) is 3.86. The van der Waals surface area contributed by atoms with Gasteiger partial charge in [-0.2, -0.15) is 0 Å². The van der Waals surface area contributed by atoms with Gasteiger partial charge in [0.1, 0.15) is 0 Å². The summed E-state index contributed by atoms with van der Waals surface area (Å²) in [6, 6.07) is 8.25. The minimum absolute atomic E-state index is 0.0954. The van der Waals surface area contributed by atoms with Crippen LogP contribution in [0.5, 0.6) is 0 Å². The molecule has 5 heteroatoms. The molecule has 0 saturated heterocycles. The van der Waals surface area contributed by atoms with Crippen molar-refractivity contribution in [3.63, 3.8) is 0 Å². The van der Waals surface area contributed by atoms with Crippen LogP contribution in [0.2, 0.25) is 0 Å². The first-order chi connectivity index (χ1) is 8.19. The SMILES string of the molecule is Cc1csc(CC(NN)c2cccc(Br)c2)n1. The van der Waals surface area contributed by atoms with Gasteiger partial charge in [-0.3, -0.25) is 11.3 Å². The minimum Gasteiger partial charge on any atom is -0.271 e. The summed E-state index contributed by atoms with van der Waals surface area (Å²) >= 11 is 5.14. The molecule has 1 aromatic heterocycles. The minimum atomic E-state index is 0.0954. The zero-order valence-electron chi connectivity index (χ0n) is 9.48. The third-order valence-corrected chi connectivity index (χ3v) is 3.98. The number of hydrazine groups is 1. The van der Waals surface area contributed by atoms with Crippen LogP contribution in [0.4, 0.5) is 0 Å². The molecule has 2 aromatic rings. The van der Waals surface area contributed by atoms with Gasteiger partial charge in [0.25, 0.3) is 0 Å². The van der Waals surface area contributed by atoms with Crippen molar-refractivity contribution < 1.29 is 0 Å². The van der Waals surface area contributed by atoms with Crippen molar-refractivity contribution in [3.8, 4) is 0 Å². The van der Waals surface area contributed by atoms with Crippen molar-refractivity contribution in [2.45, 2.75) is 19.4 Å². The molecule has 0 spiro atoms. The number of nitrogens with one attached hydrogen (secondary N) is 1. The average Bonchev–Trinajstić information content (AvgIpc) is 2.72. The molecule has 0 aliphatic carbocycles. The molecule has 0 radical (unpaired) electrons. The summed E-state index contributed by atoms with van der Waals surface area (Å²) in [5.74, 6) is 5.62. The molecule has 0 aliphatic heterocycles. The molecule has 0 saturated carbocycles. The summed E-state index contributed by atoms with van der Waals surface area (Å²) in [5.41, 5.74) is 5.08. The molecular weight excluding hydrogens is 298 g/mol. The van der Waals surface area contributed by atoms with E-state index in [1.54, 1.807) is 11.3 Å². The van der Waals surface area contributed by atoms with Gasteiger partial charge in [-0.25, -0.2) is 4.98 Å². The van der Waals surface area contributed by atoms with Crippen molar-refractivity contribution >= 4 is 27.3 Å². The van der Waals surface area contributed by atoms with Gasteiger partial charge in [-0.05, 0) is 24.6 Å². The summed E-state index contributed by atoms with van der Waals surface area (Å²) < 4.78 is 1.06. The maximum Gasteiger partial charge on any atom is 0.0947 e. The first-order valence-electron chi connectivity index (χ1n) is 5.31. The number of thiazole rings is 1. The Kier molecular flexibility index (Phi) is 4.28. The fraction of sp³-hybridized carbons (Fsp3) is 0.250. The van der Waals surface area contributed by atoms with Crippen molar-refractivity contribution in [2.24, 2.45) is 5.84 Å². The number of aromatic nitrogens is 1. The lowest BCUT2D eigenvalue weighted by Gasteiger charge is -2.15. The van der Waals surface area contributed by atoms with Crippen molar-refractivity contribution in [1.82, 2.24) is 10.4 Å². The van der Waals surface area contributed by atoms with Gasteiger partial charge in [-0.1, -0.05) is 28.1 Å². The third-order valence-electron chi connectivity index (χ3n) is 2.50. The summed E-state index contributed by atoms with van der Waals surface area (Å²) in [5, 5.41) is 3.16. The van der Waals surface area contributed by atoms with Gasteiger partial charge < -0.3 is 0 Å². The molecule has 17 heavy (non-hydrogen) atoms. The predicted octanol–water partition coefficient (Wildman–Crippen LogP) is 2.96. The molecule has 2 rings (SSSR count). The van der Waals surface area contributed by atoms with E-state index >= 15 is 0 Å². The van der Waals surface area contributed by atoms with Crippen molar-refractivity contribution in [3.05, 3.63) is 50.4 Å². The van der Waals surface area contributed by atoms with E-state index in [1.165, 1.54) is 0 Å². The van der Waals surface area contributed by atoms with E-state index in [0.717, 1.165) is 27.2 Å². The van der Waals surface area contributed by atoms with Gasteiger partial charge in [0.05, 0.1) is 11.0 Å². The molecule has 1 atom stereocenters. The van der Waals surface area contributed by atoms with E-state index in [9.17, 15) is 0 Å². The van der Waals surface area contributed by atoms with Crippen LogP contribution in [0.25, 0.3) is 0 Å². The third kappa shape index (κ3) is 3.35. The van der Waals surface area contributed by atoms with Crippen molar-refractivity contribution in [1.29, 1.82) is 0 Å². The van der Waals surface area contributed by atoms with Gasteiger partial charge in [0.2, 0.25) is 0 Å². The highest BCUT2D eigenvalue weighted by Crippen LogP contribution is 2.22. The average molecular weight is 312 g/mol. The fourth-order valence-corrected chi connectivity index (χ4v) is 2.90. The summed E-state index contributed by atoms with van der Waals surface area (Å²) in [6.45, 7) is 2.00. The second kappa shape index (κ2) is 5.73. The molecule has 1 unspecified atom stereocenters. The van der Waals surface area contributed by atoms with Gasteiger partial charge in [0, 0.05) is 22.0 Å². The zero-order chi connectivity index (χ0) is 12.3. The molecule has 3 N–H and O–H groups in total. The van der Waals surface area contributed by atoms with Crippen molar-refractivity contribution in [2.75, 3.05) is 0 Å². The number of hydrogen-bond donors (Lipinski definition) is 2. The van der Waals surface area contributed by atoms with E-state index in [1.807, 2.05) is 19.1 Å². The van der Waals surface area contributed by atoms with Crippen LogP contribution in [0.15, 0.2) is 34.1 Å². The Bertz CT molecular complexity index is 498. The summed E-state index contributed by atoms with van der Waals surface area (Å²) in [4.78, 5) is 4.46. The van der Waals surface area contributed by atoms with E-state index < -0.39 is 0 Å². The standard InChI is InChI=1S/C12H14BrN3S/c1-8-7-17-12(15-8)6-11(16-14)9-3-2-4-10(13)5-9/h2-5,7,11,16H,6,14H2,1H3. The zero-order valence-corrected chi connectivity index (χ0v) is 11.9. The van der Waals surface area contributed by atoms with Crippen LogP contribution in [0.1, 0.15) is 22.3 Å². The largest absolute Gasteiger partial charge is 0.271 e. The highest BCUT2D eigenvalue weighted by molar-refractivity contribution is 9.10. The number of benzene rings is 1. The van der Waals surface area contributed by atoms with Crippen LogP contribution in [-0.4, -0.2) is 4.98 Å². The van der Waals surface area contributed by atoms with Crippen LogP contribution in [-0.2, 0) is 6.42 Å². The molecule has 0 aliphatic rings. The highest BCUT2D eigenvalue weighted by atomic mass is 79.9. The number of nitrogens with zero attached hydrogens (tertiary/aromatic N) is 1.